The predicted molar refractivity (Wildman–Crippen MR) is 105 cm³/mol. The minimum absolute atomic E-state index is 0.113. The minimum Gasteiger partial charge on any atom is -0.448 e. The fraction of sp³-hybridized carbons (Fsp3) is 0.300. The number of aromatic nitrogens is 2. The molecule has 9 nitrogen and oxygen atoms in total. The summed E-state index contributed by atoms with van der Waals surface area (Å²) in [6.45, 7) is 0. The third kappa shape index (κ3) is 2.95. The van der Waals surface area contributed by atoms with Gasteiger partial charge in [-0.3, -0.25) is 19.3 Å². The maximum absolute atomic E-state index is 12.6. The van der Waals surface area contributed by atoms with Crippen LogP contribution in [0.4, 0.5) is 17.2 Å². The van der Waals surface area contributed by atoms with Crippen molar-refractivity contribution in [2.45, 2.75) is 37.9 Å². The van der Waals surface area contributed by atoms with E-state index >= 15 is 0 Å². The van der Waals surface area contributed by atoms with Crippen LogP contribution in [0.2, 0.25) is 0 Å². The molecule has 1 saturated carbocycles. The molecule has 5 rings (SSSR count). The molecule has 3 aromatic rings. The number of hydrogen-bond acceptors (Lipinski definition) is 7. The first kappa shape index (κ1) is 17.5. The zero-order chi connectivity index (χ0) is 20.0. The summed E-state index contributed by atoms with van der Waals surface area (Å²) in [5.74, 6) is 0.513. The second-order valence-electron chi connectivity index (χ2n) is 7.26. The van der Waals surface area contributed by atoms with E-state index in [1.165, 1.54) is 12.6 Å². The van der Waals surface area contributed by atoms with Crippen molar-refractivity contribution in [2.24, 2.45) is 0 Å². The Balaban J connectivity index is 1.51. The number of nitrogens with zero attached hydrogens (tertiary/aromatic N) is 3. The van der Waals surface area contributed by atoms with Crippen molar-refractivity contribution in [3.05, 3.63) is 63.1 Å². The standard InChI is InChI=1S/C20H18N4O5/c25-19-17(24(26)27)18(22-16-6-2-5-11-23(16)19)21-13-7-8-14-15(12-13)29-20(28-14)9-3-1-4-10-20/h2,5-8,11-12,21H,1,3-4,9-10H2. The monoisotopic (exact) mass is 394 g/mol. The Morgan fingerprint density at radius 1 is 1.10 bits per heavy atom. The minimum atomic E-state index is -0.745. The van der Waals surface area contributed by atoms with Crippen LogP contribution in [0.25, 0.3) is 5.65 Å². The summed E-state index contributed by atoms with van der Waals surface area (Å²) in [6, 6.07) is 10.1. The highest BCUT2D eigenvalue weighted by Gasteiger charge is 2.42. The molecule has 1 fully saturated rings. The summed E-state index contributed by atoms with van der Waals surface area (Å²) in [5.41, 5.74) is -0.525. The average molecular weight is 394 g/mol. The summed E-state index contributed by atoms with van der Waals surface area (Å²) < 4.78 is 13.3. The second kappa shape index (κ2) is 6.47. The van der Waals surface area contributed by atoms with Crippen molar-refractivity contribution in [3.63, 3.8) is 0 Å². The molecule has 0 radical (unpaired) electrons. The van der Waals surface area contributed by atoms with Crippen LogP contribution in [-0.4, -0.2) is 20.1 Å². The van der Waals surface area contributed by atoms with E-state index in [-0.39, 0.29) is 5.82 Å². The SMILES string of the molecule is O=c1c([N+](=O)[O-])c(Nc2ccc3c(c2)OC2(CCCCC2)O3)nc2ccccn12. The quantitative estimate of drug-likeness (QED) is 0.532. The fourth-order valence-electron chi connectivity index (χ4n) is 3.93. The van der Waals surface area contributed by atoms with Gasteiger partial charge in [0.25, 0.3) is 5.79 Å². The van der Waals surface area contributed by atoms with Gasteiger partial charge in [-0.05, 0) is 37.1 Å². The molecule has 1 aliphatic carbocycles. The molecule has 0 saturated heterocycles. The Labute approximate surface area is 165 Å². The van der Waals surface area contributed by atoms with Crippen LogP contribution in [-0.2, 0) is 0 Å². The lowest BCUT2D eigenvalue weighted by Gasteiger charge is -2.31. The van der Waals surface area contributed by atoms with Crippen LogP contribution in [0.3, 0.4) is 0 Å². The molecule has 0 bridgehead atoms. The van der Waals surface area contributed by atoms with Crippen LogP contribution < -0.4 is 20.3 Å². The van der Waals surface area contributed by atoms with Gasteiger partial charge in [0.2, 0.25) is 5.82 Å². The lowest BCUT2D eigenvalue weighted by molar-refractivity contribution is -0.385. The van der Waals surface area contributed by atoms with Crippen molar-refractivity contribution in [3.8, 4) is 11.5 Å². The van der Waals surface area contributed by atoms with Gasteiger partial charge in [-0.15, -0.1) is 0 Å². The van der Waals surface area contributed by atoms with E-state index in [0.717, 1.165) is 30.1 Å². The largest absolute Gasteiger partial charge is 0.448 e. The molecule has 2 aliphatic rings. The number of pyridine rings is 1. The lowest BCUT2D eigenvalue weighted by atomic mass is 9.94. The Bertz CT molecular complexity index is 1180. The Morgan fingerprint density at radius 3 is 2.69 bits per heavy atom. The number of anilines is 2. The fourth-order valence-corrected chi connectivity index (χ4v) is 3.93. The Kier molecular flexibility index (Phi) is 3.90. The molecule has 0 amide bonds. The van der Waals surface area contributed by atoms with E-state index < -0.39 is 22.0 Å². The van der Waals surface area contributed by atoms with Crippen molar-refractivity contribution < 1.29 is 14.4 Å². The molecule has 0 unspecified atom stereocenters. The van der Waals surface area contributed by atoms with Gasteiger partial charge in [0.15, 0.2) is 11.5 Å². The third-order valence-electron chi connectivity index (χ3n) is 5.31. The van der Waals surface area contributed by atoms with Crippen molar-refractivity contribution in [1.82, 2.24) is 9.38 Å². The van der Waals surface area contributed by atoms with Gasteiger partial charge in [0, 0.05) is 30.8 Å². The van der Waals surface area contributed by atoms with Crippen molar-refractivity contribution >= 4 is 22.8 Å². The zero-order valence-electron chi connectivity index (χ0n) is 15.5. The highest BCUT2D eigenvalue weighted by Crippen LogP contribution is 2.46. The number of ether oxygens (including phenoxy) is 2. The molecular weight excluding hydrogens is 376 g/mol. The van der Waals surface area contributed by atoms with E-state index in [9.17, 15) is 14.9 Å². The summed E-state index contributed by atoms with van der Waals surface area (Å²) in [7, 11) is 0. The Hall–Kier alpha value is -3.62. The van der Waals surface area contributed by atoms with Crippen LogP contribution >= 0.6 is 0 Å². The molecule has 1 aliphatic heterocycles. The first-order valence-corrected chi connectivity index (χ1v) is 9.50. The molecule has 29 heavy (non-hydrogen) atoms. The van der Waals surface area contributed by atoms with E-state index in [2.05, 4.69) is 10.3 Å². The number of nitrogens with one attached hydrogen (secondary N) is 1. The topological polar surface area (TPSA) is 108 Å². The normalized spacial score (nSPS) is 16.8. The number of rotatable bonds is 3. The molecule has 2 aromatic heterocycles. The molecule has 0 atom stereocenters. The maximum atomic E-state index is 12.6. The summed E-state index contributed by atoms with van der Waals surface area (Å²) in [6.07, 6.45) is 6.39. The van der Waals surface area contributed by atoms with Gasteiger partial charge in [-0.1, -0.05) is 12.5 Å². The summed E-state index contributed by atoms with van der Waals surface area (Å²) in [4.78, 5) is 27.6. The first-order chi connectivity index (χ1) is 14.0. The predicted octanol–water partition coefficient (Wildman–Crippen LogP) is 3.78. The zero-order valence-corrected chi connectivity index (χ0v) is 15.5. The van der Waals surface area contributed by atoms with Gasteiger partial charge in [0.1, 0.15) is 5.65 Å². The summed E-state index contributed by atoms with van der Waals surface area (Å²) >= 11 is 0. The van der Waals surface area contributed by atoms with Gasteiger partial charge >= 0.3 is 11.2 Å². The highest BCUT2D eigenvalue weighted by molar-refractivity contribution is 5.69. The van der Waals surface area contributed by atoms with Gasteiger partial charge in [-0.25, -0.2) is 4.98 Å². The van der Waals surface area contributed by atoms with E-state index in [0.29, 0.717) is 22.8 Å². The van der Waals surface area contributed by atoms with Crippen LogP contribution in [0, 0.1) is 10.1 Å². The number of nitro groups is 1. The Morgan fingerprint density at radius 2 is 1.90 bits per heavy atom. The highest BCUT2D eigenvalue weighted by atomic mass is 16.7. The maximum Gasteiger partial charge on any atom is 0.376 e. The van der Waals surface area contributed by atoms with Crippen molar-refractivity contribution in [1.29, 1.82) is 0 Å². The van der Waals surface area contributed by atoms with Crippen LogP contribution in [0.5, 0.6) is 11.5 Å². The number of fused-ring (bicyclic) bond motifs is 2. The van der Waals surface area contributed by atoms with Crippen molar-refractivity contribution in [2.75, 3.05) is 5.32 Å². The lowest BCUT2D eigenvalue weighted by Crippen LogP contribution is -2.40. The van der Waals surface area contributed by atoms with E-state index in [4.69, 9.17) is 9.47 Å². The van der Waals surface area contributed by atoms with E-state index in [1.54, 1.807) is 36.4 Å². The average Bonchev–Trinajstić information content (AvgIpc) is 3.05. The van der Waals surface area contributed by atoms with Gasteiger partial charge < -0.3 is 14.8 Å². The van der Waals surface area contributed by atoms with Crippen LogP contribution in [0.15, 0.2) is 47.4 Å². The number of hydrogen-bond donors (Lipinski definition) is 1. The first-order valence-electron chi connectivity index (χ1n) is 9.50. The number of benzene rings is 1. The molecule has 9 heteroatoms. The molecular formula is C20H18N4O5. The molecule has 148 valence electrons. The van der Waals surface area contributed by atoms with Gasteiger partial charge in [0.05, 0.1) is 4.92 Å². The molecule has 1 N–H and O–H groups in total. The van der Waals surface area contributed by atoms with Crippen LogP contribution in [0.1, 0.15) is 32.1 Å². The van der Waals surface area contributed by atoms with Gasteiger partial charge in [-0.2, -0.15) is 0 Å². The molecule has 1 spiro atoms. The third-order valence-corrected chi connectivity index (χ3v) is 5.31. The summed E-state index contributed by atoms with van der Waals surface area (Å²) in [5, 5.41) is 14.4. The smallest absolute Gasteiger partial charge is 0.376 e. The molecule has 3 heterocycles. The molecule has 1 aromatic carbocycles. The second-order valence-corrected chi connectivity index (χ2v) is 7.26. The van der Waals surface area contributed by atoms with E-state index in [1.807, 2.05) is 0 Å².